The van der Waals surface area contributed by atoms with Crippen molar-refractivity contribution in [1.82, 2.24) is 0 Å². The third-order valence-electron chi connectivity index (χ3n) is 5.41. The van der Waals surface area contributed by atoms with E-state index in [2.05, 4.69) is 0 Å². The van der Waals surface area contributed by atoms with Crippen LogP contribution in [0.3, 0.4) is 0 Å². The molecule has 0 N–H and O–H groups in total. The van der Waals surface area contributed by atoms with E-state index in [9.17, 15) is 13.2 Å². The molecule has 0 bridgehead atoms. The number of para-hydroxylation sites is 2. The molecule has 0 fully saturated rings. The lowest BCUT2D eigenvalue weighted by Crippen LogP contribution is -2.45. The number of carbonyl (C=O) groups is 1. The Bertz CT molecular complexity index is 1160. The van der Waals surface area contributed by atoms with E-state index in [-0.39, 0.29) is 17.3 Å². The third-order valence-corrected chi connectivity index (χ3v) is 7.18. The van der Waals surface area contributed by atoms with Crippen LogP contribution in [0.15, 0.2) is 83.8 Å². The smallest absolute Gasteiger partial charge is 0.264 e. The van der Waals surface area contributed by atoms with Gasteiger partial charge in [0.15, 0.2) is 0 Å². The summed E-state index contributed by atoms with van der Waals surface area (Å²) in [5.74, 6) is -0.232. The number of nitrogens with zero attached hydrogens (tertiary/aromatic N) is 2. The third kappa shape index (κ3) is 3.83. The van der Waals surface area contributed by atoms with Crippen LogP contribution >= 0.6 is 0 Å². The van der Waals surface area contributed by atoms with Crippen molar-refractivity contribution in [3.05, 3.63) is 90.0 Å². The second-order valence-electron chi connectivity index (χ2n) is 7.39. The molecule has 3 aromatic rings. The van der Waals surface area contributed by atoms with Crippen molar-refractivity contribution in [2.75, 3.05) is 22.3 Å². The molecule has 4 rings (SSSR count). The molecule has 0 aromatic heterocycles. The van der Waals surface area contributed by atoms with Gasteiger partial charge in [0, 0.05) is 12.2 Å². The van der Waals surface area contributed by atoms with Crippen molar-refractivity contribution < 1.29 is 13.2 Å². The molecule has 0 spiro atoms. The van der Waals surface area contributed by atoms with E-state index in [4.69, 9.17) is 0 Å². The summed E-state index contributed by atoms with van der Waals surface area (Å²) in [6.07, 6.45) is 1.78. The molecular weight excluding hydrogens is 396 g/mol. The second-order valence-corrected chi connectivity index (χ2v) is 9.25. The van der Waals surface area contributed by atoms with Gasteiger partial charge in [0.2, 0.25) is 5.91 Å². The summed E-state index contributed by atoms with van der Waals surface area (Å²) in [5.41, 5.74) is 3.30. The van der Waals surface area contributed by atoms with Gasteiger partial charge in [-0.05, 0) is 55.2 Å². The van der Waals surface area contributed by atoms with Crippen LogP contribution in [0.4, 0.5) is 11.4 Å². The lowest BCUT2D eigenvalue weighted by molar-refractivity contribution is -0.117. The average Bonchev–Trinajstić information content (AvgIpc) is 2.78. The predicted octanol–water partition coefficient (Wildman–Crippen LogP) is 4.17. The highest BCUT2D eigenvalue weighted by molar-refractivity contribution is 7.92. The molecule has 1 heterocycles. The normalized spacial score (nSPS) is 13.6. The number of hydrogen-bond acceptors (Lipinski definition) is 3. The molecule has 1 aliphatic heterocycles. The van der Waals surface area contributed by atoms with E-state index < -0.39 is 10.0 Å². The van der Waals surface area contributed by atoms with Crippen molar-refractivity contribution in [2.24, 2.45) is 0 Å². The van der Waals surface area contributed by atoms with Crippen LogP contribution in [0.5, 0.6) is 0 Å². The first-order chi connectivity index (χ1) is 14.5. The molecule has 1 amide bonds. The number of carbonyl (C=O) groups excluding carboxylic acids is 1. The number of sulfonamides is 1. The monoisotopic (exact) mass is 420 g/mol. The van der Waals surface area contributed by atoms with Crippen LogP contribution in [-0.4, -0.2) is 27.4 Å². The fourth-order valence-electron chi connectivity index (χ4n) is 3.86. The first-order valence-electron chi connectivity index (χ1n) is 10.00. The largest absolute Gasteiger partial charge is 0.311 e. The molecule has 0 saturated carbocycles. The van der Waals surface area contributed by atoms with Gasteiger partial charge >= 0.3 is 0 Å². The number of amides is 1. The van der Waals surface area contributed by atoms with Crippen molar-refractivity contribution in [2.45, 2.75) is 24.7 Å². The highest BCUT2D eigenvalue weighted by atomic mass is 32.2. The number of hydrogen-bond donors (Lipinski definition) is 0. The number of fused-ring (bicyclic) bond motifs is 1. The lowest BCUT2D eigenvalue weighted by Gasteiger charge is -2.32. The summed E-state index contributed by atoms with van der Waals surface area (Å²) in [7, 11) is -3.90. The van der Waals surface area contributed by atoms with E-state index in [1.807, 2.05) is 43.3 Å². The molecular formula is C24H24N2O3S. The van der Waals surface area contributed by atoms with Crippen molar-refractivity contribution in [3.63, 3.8) is 0 Å². The van der Waals surface area contributed by atoms with Gasteiger partial charge in [0.1, 0.15) is 6.54 Å². The van der Waals surface area contributed by atoms with Crippen molar-refractivity contribution in [1.29, 1.82) is 0 Å². The minimum atomic E-state index is -3.90. The second kappa shape index (κ2) is 8.32. The van der Waals surface area contributed by atoms with Gasteiger partial charge in [-0.1, -0.05) is 54.6 Å². The summed E-state index contributed by atoms with van der Waals surface area (Å²) in [6, 6.07) is 23.3. The van der Waals surface area contributed by atoms with Gasteiger partial charge in [-0.25, -0.2) is 8.42 Å². The molecule has 1 aliphatic rings. The Kier molecular flexibility index (Phi) is 5.59. The van der Waals surface area contributed by atoms with E-state index >= 15 is 0 Å². The minimum Gasteiger partial charge on any atom is -0.311 e. The van der Waals surface area contributed by atoms with Crippen LogP contribution in [0.25, 0.3) is 0 Å². The number of anilines is 2. The van der Waals surface area contributed by atoms with Crippen LogP contribution < -0.4 is 9.21 Å². The number of benzene rings is 3. The molecule has 3 aromatic carbocycles. The maximum absolute atomic E-state index is 13.5. The van der Waals surface area contributed by atoms with Gasteiger partial charge in [-0.2, -0.15) is 0 Å². The molecule has 5 nitrogen and oxygen atoms in total. The molecule has 0 aliphatic carbocycles. The maximum atomic E-state index is 13.5. The zero-order valence-corrected chi connectivity index (χ0v) is 17.7. The fourth-order valence-corrected chi connectivity index (χ4v) is 5.36. The standard InChI is InChI=1S/C24H24N2O3S/c1-19-10-5-7-15-22(19)26(30(28,29)21-13-3-2-4-14-21)18-24(27)25-17-9-12-20-11-6-8-16-23(20)25/h2-8,10-11,13-16H,9,12,17-18H2,1H3. The topological polar surface area (TPSA) is 57.7 Å². The predicted molar refractivity (Wildman–Crippen MR) is 119 cm³/mol. The number of rotatable bonds is 5. The first-order valence-corrected chi connectivity index (χ1v) is 11.4. The van der Waals surface area contributed by atoms with Crippen molar-refractivity contribution >= 4 is 27.3 Å². The highest BCUT2D eigenvalue weighted by Crippen LogP contribution is 2.30. The SMILES string of the molecule is Cc1ccccc1N(CC(=O)N1CCCc2ccccc21)S(=O)(=O)c1ccccc1. The number of aryl methyl sites for hydroxylation is 2. The summed E-state index contributed by atoms with van der Waals surface area (Å²) in [5, 5.41) is 0. The summed E-state index contributed by atoms with van der Waals surface area (Å²) in [4.78, 5) is 15.2. The van der Waals surface area contributed by atoms with E-state index in [1.54, 1.807) is 47.4 Å². The fraction of sp³-hybridized carbons (Fsp3) is 0.208. The van der Waals surface area contributed by atoms with Crippen molar-refractivity contribution in [3.8, 4) is 0 Å². The first kappa shape index (κ1) is 20.2. The summed E-state index contributed by atoms with van der Waals surface area (Å²) < 4.78 is 28.2. The molecule has 0 radical (unpaired) electrons. The lowest BCUT2D eigenvalue weighted by atomic mass is 10.0. The summed E-state index contributed by atoms with van der Waals surface area (Å²) in [6.45, 7) is 2.18. The quantitative estimate of drug-likeness (QED) is 0.622. The zero-order chi connectivity index (χ0) is 21.1. The Morgan fingerprint density at radius 2 is 1.60 bits per heavy atom. The summed E-state index contributed by atoms with van der Waals surface area (Å²) >= 11 is 0. The van der Waals surface area contributed by atoms with Crippen LogP contribution in [0.1, 0.15) is 17.5 Å². The van der Waals surface area contributed by atoms with Crippen LogP contribution in [0.2, 0.25) is 0 Å². The van der Waals surface area contributed by atoms with E-state index in [0.29, 0.717) is 12.2 Å². The Labute approximate surface area is 177 Å². The molecule has 154 valence electrons. The van der Waals surface area contributed by atoms with Gasteiger partial charge in [0.05, 0.1) is 10.6 Å². The molecule has 0 atom stereocenters. The van der Waals surface area contributed by atoms with Gasteiger partial charge in [-0.15, -0.1) is 0 Å². The molecule has 0 unspecified atom stereocenters. The maximum Gasteiger partial charge on any atom is 0.264 e. The molecule has 6 heteroatoms. The Balaban J connectivity index is 1.73. The van der Waals surface area contributed by atoms with Gasteiger partial charge in [0.25, 0.3) is 10.0 Å². The highest BCUT2D eigenvalue weighted by Gasteiger charge is 2.31. The Hall–Kier alpha value is -3.12. The molecule has 0 saturated heterocycles. The minimum absolute atomic E-state index is 0.167. The average molecular weight is 421 g/mol. The Morgan fingerprint density at radius 3 is 2.37 bits per heavy atom. The Morgan fingerprint density at radius 1 is 0.933 bits per heavy atom. The molecule has 30 heavy (non-hydrogen) atoms. The van der Waals surface area contributed by atoms with E-state index in [1.165, 1.54) is 4.31 Å². The van der Waals surface area contributed by atoms with Gasteiger partial charge < -0.3 is 4.90 Å². The van der Waals surface area contributed by atoms with Gasteiger partial charge in [-0.3, -0.25) is 9.10 Å². The van der Waals surface area contributed by atoms with E-state index in [0.717, 1.165) is 29.7 Å². The van der Waals surface area contributed by atoms with Crippen LogP contribution in [-0.2, 0) is 21.2 Å². The zero-order valence-electron chi connectivity index (χ0n) is 16.9. The van der Waals surface area contributed by atoms with Crippen LogP contribution in [0, 0.1) is 6.92 Å².